The molecule has 1 N–H and O–H groups in total. The summed E-state index contributed by atoms with van der Waals surface area (Å²) in [5.41, 5.74) is -0.827. The van der Waals surface area contributed by atoms with E-state index in [0.717, 1.165) is 6.07 Å². The summed E-state index contributed by atoms with van der Waals surface area (Å²) < 4.78 is 27.2. The van der Waals surface area contributed by atoms with Crippen molar-refractivity contribution >= 4 is 39.0 Å². The minimum atomic E-state index is -4.29. The number of benzene rings is 3. The zero-order valence-electron chi connectivity index (χ0n) is 16.4. The van der Waals surface area contributed by atoms with Crippen molar-refractivity contribution in [2.24, 2.45) is 0 Å². The third kappa shape index (κ3) is 4.90. The summed E-state index contributed by atoms with van der Waals surface area (Å²) in [7, 11) is -4.29. The van der Waals surface area contributed by atoms with Gasteiger partial charge in [0.2, 0.25) is 5.91 Å². The molecule has 0 radical (unpaired) electrons. The zero-order chi connectivity index (χ0) is 23.3. The maximum atomic E-state index is 13.2. The van der Waals surface area contributed by atoms with E-state index in [9.17, 15) is 33.2 Å². The van der Waals surface area contributed by atoms with Crippen LogP contribution in [0.1, 0.15) is 10.4 Å². The molecule has 11 heteroatoms. The van der Waals surface area contributed by atoms with Gasteiger partial charge in [-0.15, -0.1) is 0 Å². The fourth-order valence-corrected chi connectivity index (χ4v) is 4.32. The highest BCUT2D eigenvalue weighted by Gasteiger charge is 2.28. The second-order valence-corrected chi connectivity index (χ2v) is 8.35. The fourth-order valence-electron chi connectivity index (χ4n) is 2.89. The fraction of sp³-hybridized carbons (Fsp3) is 0.0476. The number of carbonyl (C=O) groups is 2. The number of non-ortho nitro benzene ring substituents is 1. The highest BCUT2D eigenvalue weighted by Crippen LogP contribution is 2.27. The average molecular weight is 454 g/mol. The van der Waals surface area contributed by atoms with Gasteiger partial charge >= 0.3 is 0 Å². The second-order valence-electron chi connectivity index (χ2n) is 6.48. The number of hydrogen-bond acceptors (Lipinski definition) is 7. The second kappa shape index (κ2) is 9.27. The summed E-state index contributed by atoms with van der Waals surface area (Å²) in [5, 5.41) is 24.8. The molecule has 1 amide bonds. The first-order valence-corrected chi connectivity index (χ1v) is 10.6. The lowest BCUT2D eigenvalue weighted by atomic mass is 10.2. The van der Waals surface area contributed by atoms with Crippen LogP contribution >= 0.6 is 0 Å². The largest absolute Gasteiger partial charge is 0.545 e. The van der Waals surface area contributed by atoms with Gasteiger partial charge in [0.1, 0.15) is 6.54 Å². The molecular formula is C21H16N3O7S-. The van der Waals surface area contributed by atoms with Crippen molar-refractivity contribution in [3.8, 4) is 0 Å². The van der Waals surface area contributed by atoms with E-state index in [1.54, 1.807) is 6.07 Å². The number of para-hydroxylation sites is 1. The van der Waals surface area contributed by atoms with Crippen molar-refractivity contribution in [2.75, 3.05) is 16.2 Å². The van der Waals surface area contributed by atoms with Gasteiger partial charge < -0.3 is 15.2 Å². The van der Waals surface area contributed by atoms with Crippen LogP contribution in [-0.2, 0) is 14.8 Å². The number of rotatable bonds is 8. The number of nitro groups is 1. The van der Waals surface area contributed by atoms with Crippen LogP contribution in [0, 0.1) is 10.1 Å². The highest BCUT2D eigenvalue weighted by atomic mass is 32.2. The molecule has 0 aliphatic carbocycles. The third-order valence-electron chi connectivity index (χ3n) is 4.37. The third-order valence-corrected chi connectivity index (χ3v) is 6.16. The van der Waals surface area contributed by atoms with Crippen LogP contribution in [0.15, 0.2) is 83.8 Å². The van der Waals surface area contributed by atoms with Crippen LogP contribution in [0.4, 0.5) is 17.1 Å². The molecule has 3 rings (SSSR count). The lowest BCUT2D eigenvalue weighted by Gasteiger charge is -2.24. The molecular weight excluding hydrogens is 438 g/mol. The number of nitrogens with one attached hydrogen (secondary N) is 1. The molecule has 0 heterocycles. The number of anilines is 2. The van der Waals surface area contributed by atoms with Gasteiger partial charge in [-0.3, -0.25) is 19.2 Å². The molecule has 0 atom stereocenters. The van der Waals surface area contributed by atoms with Gasteiger partial charge in [-0.1, -0.05) is 42.5 Å². The van der Waals surface area contributed by atoms with Crippen molar-refractivity contribution < 1.29 is 28.0 Å². The summed E-state index contributed by atoms with van der Waals surface area (Å²) >= 11 is 0. The molecule has 3 aromatic rings. The Labute approximate surface area is 182 Å². The Hall–Kier alpha value is -4.25. The van der Waals surface area contributed by atoms with Crippen molar-refractivity contribution in [3.05, 3.63) is 94.5 Å². The van der Waals surface area contributed by atoms with Crippen LogP contribution in [0.3, 0.4) is 0 Å². The van der Waals surface area contributed by atoms with Crippen LogP contribution in [0.5, 0.6) is 0 Å². The Bertz CT molecular complexity index is 1280. The van der Waals surface area contributed by atoms with E-state index in [0.29, 0.717) is 4.31 Å². The Kier molecular flexibility index (Phi) is 6.50. The van der Waals surface area contributed by atoms with E-state index >= 15 is 0 Å². The van der Waals surface area contributed by atoms with Gasteiger partial charge in [-0.05, 0) is 24.3 Å². The number of carboxylic acid groups (broad SMARTS) is 1. The van der Waals surface area contributed by atoms with E-state index in [1.807, 2.05) is 0 Å². The summed E-state index contributed by atoms with van der Waals surface area (Å²) in [5.74, 6) is -2.38. The first-order valence-electron chi connectivity index (χ1n) is 9.12. The SMILES string of the molecule is O=C(CN(c1cccc([N+](=O)[O-])c1)S(=O)(=O)c1ccccc1)Nc1ccccc1C(=O)[O-]. The van der Waals surface area contributed by atoms with Crippen LogP contribution in [0.2, 0.25) is 0 Å². The number of amides is 1. The molecule has 0 fully saturated rings. The quantitative estimate of drug-likeness (QED) is 0.403. The van der Waals surface area contributed by atoms with Gasteiger partial charge in [0.05, 0.1) is 21.5 Å². The Morgan fingerprint density at radius 1 is 0.938 bits per heavy atom. The first-order chi connectivity index (χ1) is 15.2. The molecule has 0 aliphatic rings. The van der Waals surface area contributed by atoms with Crippen molar-refractivity contribution in [1.29, 1.82) is 0 Å². The summed E-state index contributed by atoms with van der Waals surface area (Å²) in [4.78, 5) is 34.3. The standard InChI is InChI=1S/C21H17N3O7S/c25-20(22-19-12-5-4-11-18(19)21(26)27)14-23(15-7-6-8-16(13-15)24(28)29)32(30,31)17-9-2-1-3-10-17/h1-13H,14H2,(H,22,25)(H,26,27)/p-1. The first kappa shape index (κ1) is 22.4. The predicted octanol–water partition coefficient (Wildman–Crippen LogP) is 1.79. The van der Waals surface area contributed by atoms with Crippen LogP contribution in [-0.4, -0.2) is 31.8 Å². The van der Waals surface area contributed by atoms with Crippen LogP contribution < -0.4 is 14.7 Å². The van der Waals surface area contributed by atoms with E-state index in [2.05, 4.69) is 5.32 Å². The molecule has 0 saturated heterocycles. The van der Waals surface area contributed by atoms with E-state index in [4.69, 9.17) is 0 Å². The van der Waals surface area contributed by atoms with Crippen molar-refractivity contribution in [1.82, 2.24) is 0 Å². The number of carbonyl (C=O) groups excluding carboxylic acids is 2. The smallest absolute Gasteiger partial charge is 0.271 e. The molecule has 0 aromatic heterocycles. The normalized spacial score (nSPS) is 10.9. The topological polar surface area (TPSA) is 150 Å². The van der Waals surface area contributed by atoms with E-state index in [-0.39, 0.29) is 27.5 Å². The lowest BCUT2D eigenvalue weighted by molar-refractivity contribution is -0.384. The zero-order valence-corrected chi connectivity index (χ0v) is 17.2. The molecule has 0 aliphatic heterocycles. The minimum absolute atomic E-state index is 0.0754. The van der Waals surface area contributed by atoms with Gasteiger partial charge in [-0.25, -0.2) is 8.42 Å². The van der Waals surface area contributed by atoms with Crippen molar-refractivity contribution in [2.45, 2.75) is 4.90 Å². The van der Waals surface area contributed by atoms with Gasteiger partial charge in [0.25, 0.3) is 15.7 Å². The molecule has 10 nitrogen and oxygen atoms in total. The number of nitro benzene ring substituents is 1. The molecule has 164 valence electrons. The Morgan fingerprint density at radius 3 is 2.25 bits per heavy atom. The number of nitrogens with zero attached hydrogens (tertiary/aromatic N) is 2. The summed E-state index contributed by atoms with van der Waals surface area (Å²) in [6.07, 6.45) is 0. The maximum absolute atomic E-state index is 13.2. The highest BCUT2D eigenvalue weighted by molar-refractivity contribution is 7.92. The molecule has 3 aromatic carbocycles. The Balaban J connectivity index is 2.00. The number of sulfonamides is 1. The van der Waals surface area contributed by atoms with E-state index < -0.39 is 33.4 Å². The molecule has 0 spiro atoms. The van der Waals surface area contributed by atoms with Crippen LogP contribution in [0.25, 0.3) is 0 Å². The van der Waals surface area contributed by atoms with Crippen molar-refractivity contribution in [3.63, 3.8) is 0 Å². The maximum Gasteiger partial charge on any atom is 0.271 e. The monoisotopic (exact) mass is 454 g/mol. The van der Waals surface area contributed by atoms with E-state index in [1.165, 1.54) is 66.7 Å². The summed E-state index contributed by atoms with van der Waals surface area (Å²) in [6, 6.07) is 17.6. The average Bonchev–Trinajstić information content (AvgIpc) is 2.78. The van der Waals surface area contributed by atoms with Gasteiger partial charge in [-0.2, -0.15) is 0 Å². The Morgan fingerprint density at radius 2 is 1.59 bits per heavy atom. The molecule has 0 saturated carbocycles. The minimum Gasteiger partial charge on any atom is -0.545 e. The van der Waals surface area contributed by atoms with Gasteiger partial charge in [0, 0.05) is 23.4 Å². The number of hydrogen-bond donors (Lipinski definition) is 1. The number of carboxylic acids is 1. The predicted molar refractivity (Wildman–Crippen MR) is 113 cm³/mol. The van der Waals surface area contributed by atoms with Gasteiger partial charge in [0.15, 0.2) is 0 Å². The molecule has 32 heavy (non-hydrogen) atoms. The summed E-state index contributed by atoms with van der Waals surface area (Å²) in [6.45, 7) is -0.764. The lowest BCUT2D eigenvalue weighted by Crippen LogP contribution is -2.38. The number of aromatic carboxylic acids is 1. The molecule has 0 unspecified atom stereocenters. The molecule has 0 bridgehead atoms.